The highest BCUT2D eigenvalue weighted by atomic mass is 16.5. The second-order valence-electron chi connectivity index (χ2n) is 8.36. The first-order valence-corrected chi connectivity index (χ1v) is 11.4. The standard InChI is InChI=1S/C27H28N4O2/c1-33-25-14-13-21(18-23(25)29-27(32)15-12-20-8-3-2-4-9-20)30-16-7-17-31-24-11-6-5-10-22(24)28-26(31)19-30/h2-6,8-11,13-14,18H,7,12,15-17,19H2,1H3,(H,29,32). The average Bonchev–Trinajstić information content (AvgIpc) is 3.06. The molecule has 0 aliphatic carbocycles. The van der Waals surface area contributed by atoms with Crippen LogP contribution in [0.25, 0.3) is 11.0 Å². The fourth-order valence-corrected chi connectivity index (χ4v) is 4.49. The van der Waals surface area contributed by atoms with Crippen molar-refractivity contribution < 1.29 is 9.53 Å². The van der Waals surface area contributed by atoms with Crippen molar-refractivity contribution in [2.75, 3.05) is 23.9 Å². The number of imidazole rings is 1. The number of hydrogen-bond acceptors (Lipinski definition) is 4. The van der Waals surface area contributed by atoms with Gasteiger partial charge in [-0.25, -0.2) is 4.98 Å². The minimum Gasteiger partial charge on any atom is -0.495 e. The van der Waals surface area contributed by atoms with Crippen molar-refractivity contribution in [1.82, 2.24) is 9.55 Å². The number of nitrogens with zero attached hydrogens (tertiary/aromatic N) is 3. The maximum Gasteiger partial charge on any atom is 0.224 e. The Morgan fingerprint density at radius 1 is 1.03 bits per heavy atom. The van der Waals surface area contributed by atoms with Crippen LogP contribution in [0.15, 0.2) is 72.8 Å². The molecule has 4 aromatic rings. The van der Waals surface area contributed by atoms with Crippen LogP contribution in [0.3, 0.4) is 0 Å². The van der Waals surface area contributed by atoms with E-state index in [4.69, 9.17) is 9.72 Å². The summed E-state index contributed by atoms with van der Waals surface area (Å²) in [5, 5.41) is 3.06. The molecule has 0 saturated heterocycles. The number of rotatable bonds is 6. The fourth-order valence-electron chi connectivity index (χ4n) is 4.49. The van der Waals surface area contributed by atoms with Crippen LogP contribution >= 0.6 is 0 Å². The van der Waals surface area contributed by atoms with Crippen LogP contribution in [-0.2, 0) is 24.3 Å². The van der Waals surface area contributed by atoms with Crippen LogP contribution in [0.4, 0.5) is 11.4 Å². The first kappa shape index (κ1) is 21.1. The number of nitrogens with one attached hydrogen (secondary N) is 1. The van der Waals surface area contributed by atoms with Gasteiger partial charge in [0.2, 0.25) is 5.91 Å². The highest BCUT2D eigenvalue weighted by molar-refractivity contribution is 5.93. The number of anilines is 2. The third-order valence-corrected chi connectivity index (χ3v) is 6.18. The first-order valence-electron chi connectivity index (χ1n) is 11.4. The highest BCUT2D eigenvalue weighted by Gasteiger charge is 2.20. The molecule has 2 heterocycles. The van der Waals surface area contributed by atoms with Crippen LogP contribution in [0.1, 0.15) is 24.2 Å². The van der Waals surface area contributed by atoms with Crippen molar-refractivity contribution in [1.29, 1.82) is 0 Å². The zero-order valence-electron chi connectivity index (χ0n) is 18.8. The van der Waals surface area contributed by atoms with Gasteiger partial charge in [-0.1, -0.05) is 42.5 Å². The largest absolute Gasteiger partial charge is 0.495 e. The van der Waals surface area contributed by atoms with Gasteiger partial charge in [0.25, 0.3) is 0 Å². The Morgan fingerprint density at radius 2 is 1.85 bits per heavy atom. The molecule has 1 aliphatic rings. The number of para-hydroxylation sites is 2. The number of aromatic nitrogens is 2. The zero-order chi connectivity index (χ0) is 22.6. The third-order valence-electron chi connectivity index (χ3n) is 6.18. The molecule has 6 nitrogen and oxygen atoms in total. The summed E-state index contributed by atoms with van der Waals surface area (Å²) in [5.74, 6) is 1.71. The van der Waals surface area contributed by atoms with E-state index in [1.807, 2.05) is 48.5 Å². The van der Waals surface area contributed by atoms with Crippen molar-refractivity contribution >= 4 is 28.3 Å². The predicted molar refractivity (Wildman–Crippen MR) is 132 cm³/mol. The summed E-state index contributed by atoms with van der Waals surface area (Å²) in [4.78, 5) is 19.9. The number of amides is 1. The molecule has 6 heteroatoms. The minimum absolute atomic E-state index is 0.0213. The third kappa shape index (κ3) is 4.55. The van der Waals surface area contributed by atoms with Crippen LogP contribution < -0.4 is 15.0 Å². The lowest BCUT2D eigenvalue weighted by Gasteiger charge is -2.23. The van der Waals surface area contributed by atoms with Crippen LogP contribution in [0.5, 0.6) is 5.75 Å². The number of aryl methyl sites for hydroxylation is 2. The Bertz CT molecular complexity index is 1270. The molecule has 1 aliphatic heterocycles. The molecule has 0 fully saturated rings. The Morgan fingerprint density at radius 3 is 2.70 bits per heavy atom. The fraction of sp³-hybridized carbons (Fsp3) is 0.259. The maximum atomic E-state index is 12.7. The summed E-state index contributed by atoms with van der Waals surface area (Å²) in [7, 11) is 1.63. The lowest BCUT2D eigenvalue weighted by molar-refractivity contribution is -0.116. The Labute approximate surface area is 193 Å². The summed E-state index contributed by atoms with van der Waals surface area (Å²) < 4.78 is 7.85. The van der Waals surface area contributed by atoms with Crippen LogP contribution in [-0.4, -0.2) is 29.1 Å². The van der Waals surface area contributed by atoms with Gasteiger partial charge >= 0.3 is 0 Å². The molecule has 0 bridgehead atoms. The summed E-state index contributed by atoms with van der Waals surface area (Å²) in [6, 6.07) is 24.4. The molecule has 1 aromatic heterocycles. The Balaban J connectivity index is 1.34. The Hall–Kier alpha value is -3.80. The number of carbonyl (C=O) groups excluding carboxylic acids is 1. The number of carbonyl (C=O) groups is 1. The molecule has 0 unspecified atom stereocenters. The molecule has 3 aromatic carbocycles. The summed E-state index contributed by atoms with van der Waals surface area (Å²) in [6.45, 7) is 2.60. The van der Waals surface area contributed by atoms with E-state index in [9.17, 15) is 4.79 Å². The molecule has 5 rings (SSSR count). The molecule has 0 spiro atoms. The quantitative estimate of drug-likeness (QED) is 0.457. The number of hydrogen-bond donors (Lipinski definition) is 1. The monoisotopic (exact) mass is 440 g/mol. The van der Waals surface area contributed by atoms with E-state index in [-0.39, 0.29) is 5.91 Å². The summed E-state index contributed by atoms with van der Waals surface area (Å²) >= 11 is 0. The van der Waals surface area contributed by atoms with Crippen molar-refractivity contribution in [3.63, 3.8) is 0 Å². The van der Waals surface area contributed by atoms with Gasteiger partial charge in [-0.3, -0.25) is 4.79 Å². The highest BCUT2D eigenvalue weighted by Crippen LogP contribution is 2.32. The lowest BCUT2D eigenvalue weighted by atomic mass is 10.1. The van der Waals surface area contributed by atoms with E-state index in [0.29, 0.717) is 24.3 Å². The minimum atomic E-state index is -0.0213. The van der Waals surface area contributed by atoms with Gasteiger partial charge in [-0.2, -0.15) is 0 Å². The van der Waals surface area contributed by atoms with Crippen LogP contribution in [0, 0.1) is 0 Å². The molecule has 0 radical (unpaired) electrons. The number of fused-ring (bicyclic) bond motifs is 3. The zero-order valence-corrected chi connectivity index (χ0v) is 18.8. The molecule has 0 saturated carbocycles. The first-order chi connectivity index (χ1) is 16.2. The van der Waals surface area contributed by atoms with Gasteiger partial charge in [0.05, 0.1) is 30.4 Å². The predicted octanol–water partition coefficient (Wildman–Crippen LogP) is 5.03. The van der Waals surface area contributed by atoms with Gasteiger partial charge < -0.3 is 19.5 Å². The van der Waals surface area contributed by atoms with Gasteiger partial charge in [0, 0.05) is 25.2 Å². The topological polar surface area (TPSA) is 59.4 Å². The van der Waals surface area contributed by atoms with E-state index in [1.165, 1.54) is 5.52 Å². The van der Waals surface area contributed by atoms with Gasteiger partial charge in [-0.15, -0.1) is 0 Å². The SMILES string of the molecule is COc1ccc(N2CCCn3c(nc4ccccc43)C2)cc1NC(=O)CCc1ccccc1. The van der Waals surface area contributed by atoms with Crippen molar-refractivity contribution in [2.24, 2.45) is 0 Å². The van der Waals surface area contributed by atoms with Crippen molar-refractivity contribution in [3.8, 4) is 5.75 Å². The number of methoxy groups -OCH3 is 1. The summed E-state index contributed by atoms with van der Waals surface area (Å²) in [5.41, 5.74) is 5.13. The van der Waals surface area contributed by atoms with Gasteiger partial charge in [0.1, 0.15) is 11.6 Å². The Kier molecular flexibility index (Phi) is 5.98. The van der Waals surface area contributed by atoms with Crippen LogP contribution in [0.2, 0.25) is 0 Å². The molecule has 0 atom stereocenters. The number of benzene rings is 3. The second-order valence-corrected chi connectivity index (χ2v) is 8.36. The van der Waals surface area contributed by atoms with E-state index in [1.54, 1.807) is 7.11 Å². The van der Waals surface area contributed by atoms with Crippen molar-refractivity contribution in [3.05, 3.63) is 84.2 Å². The summed E-state index contributed by atoms with van der Waals surface area (Å²) in [6.07, 6.45) is 2.15. The van der Waals surface area contributed by atoms with E-state index in [2.05, 4.69) is 39.0 Å². The van der Waals surface area contributed by atoms with E-state index < -0.39 is 0 Å². The van der Waals surface area contributed by atoms with Crippen molar-refractivity contribution in [2.45, 2.75) is 32.4 Å². The molecule has 1 N–H and O–H groups in total. The normalized spacial score (nSPS) is 13.4. The smallest absolute Gasteiger partial charge is 0.224 e. The second kappa shape index (κ2) is 9.36. The molecular weight excluding hydrogens is 412 g/mol. The van der Waals surface area contributed by atoms with E-state index in [0.717, 1.165) is 48.6 Å². The van der Waals surface area contributed by atoms with E-state index >= 15 is 0 Å². The number of ether oxygens (including phenoxy) is 1. The maximum absolute atomic E-state index is 12.7. The molecule has 168 valence electrons. The molecule has 1 amide bonds. The lowest BCUT2D eigenvalue weighted by Crippen LogP contribution is -2.23. The van der Waals surface area contributed by atoms with Gasteiger partial charge in [-0.05, 0) is 48.7 Å². The molecule has 33 heavy (non-hydrogen) atoms. The average molecular weight is 441 g/mol. The van der Waals surface area contributed by atoms with Gasteiger partial charge in [0.15, 0.2) is 0 Å². The molecular formula is C27H28N4O2.